The van der Waals surface area contributed by atoms with E-state index in [9.17, 15) is 10.1 Å². The number of ether oxygens (including phenoxy) is 2. The summed E-state index contributed by atoms with van der Waals surface area (Å²) in [7, 11) is 1.58. The minimum atomic E-state index is -0.472. The van der Waals surface area contributed by atoms with Gasteiger partial charge < -0.3 is 14.8 Å². The number of aryl methyl sites for hydroxylation is 3. The number of carbonyl (C=O) groups excluding carboxylic acids is 1. The van der Waals surface area contributed by atoms with E-state index >= 15 is 0 Å². The second-order valence-electron chi connectivity index (χ2n) is 7.62. The first-order chi connectivity index (χ1) is 15.4. The lowest BCUT2D eigenvalue weighted by Gasteiger charge is -2.12. The van der Waals surface area contributed by atoms with Gasteiger partial charge in [0.05, 0.1) is 7.11 Å². The number of hydrogen-bond acceptors (Lipinski definition) is 4. The van der Waals surface area contributed by atoms with Gasteiger partial charge in [-0.15, -0.1) is 0 Å². The van der Waals surface area contributed by atoms with Crippen LogP contribution in [0.1, 0.15) is 27.8 Å². The van der Waals surface area contributed by atoms with E-state index in [2.05, 4.69) is 5.32 Å². The Bertz CT molecular complexity index is 1210. The molecule has 3 rings (SSSR count). The van der Waals surface area contributed by atoms with Crippen molar-refractivity contribution in [2.24, 2.45) is 0 Å². The highest BCUT2D eigenvalue weighted by Gasteiger charge is 2.13. The fourth-order valence-electron chi connectivity index (χ4n) is 3.30. The summed E-state index contributed by atoms with van der Waals surface area (Å²) in [5.74, 6) is 0.678. The normalized spacial score (nSPS) is 10.9. The van der Waals surface area contributed by atoms with Gasteiger partial charge in [-0.1, -0.05) is 47.5 Å². The molecule has 0 aliphatic heterocycles. The molecule has 0 radical (unpaired) electrons. The van der Waals surface area contributed by atoms with Crippen molar-refractivity contribution in [3.05, 3.63) is 94.1 Å². The van der Waals surface area contributed by atoms with Crippen LogP contribution in [-0.4, -0.2) is 13.0 Å². The van der Waals surface area contributed by atoms with Gasteiger partial charge in [0.2, 0.25) is 0 Å². The molecule has 0 aliphatic carbocycles. The topological polar surface area (TPSA) is 71.3 Å². The molecule has 0 saturated heterocycles. The zero-order valence-corrected chi connectivity index (χ0v) is 18.7. The van der Waals surface area contributed by atoms with Gasteiger partial charge in [0.1, 0.15) is 29.7 Å². The van der Waals surface area contributed by atoms with Crippen LogP contribution in [0.3, 0.4) is 0 Å². The zero-order valence-electron chi connectivity index (χ0n) is 18.7. The maximum absolute atomic E-state index is 12.8. The van der Waals surface area contributed by atoms with Crippen LogP contribution in [0, 0.1) is 32.1 Å². The molecule has 1 N–H and O–H groups in total. The van der Waals surface area contributed by atoms with E-state index in [4.69, 9.17) is 9.47 Å². The second kappa shape index (κ2) is 10.3. The minimum Gasteiger partial charge on any atom is -0.497 e. The number of hydrogen-bond donors (Lipinski definition) is 1. The molecular formula is C27H26N2O3. The lowest BCUT2D eigenvalue weighted by Crippen LogP contribution is -2.14. The Balaban J connectivity index is 1.87. The van der Waals surface area contributed by atoms with Crippen molar-refractivity contribution in [1.82, 2.24) is 0 Å². The molecule has 0 atom stereocenters. The van der Waals surface area contributed by atoms with Crippen LogP contribution in [0.4, 0.5) is 5.69 Å². The molecule has 0 spiro atoms. The lowest BCUT2D eigenvalue weighted by atomic mass is 10.1. The van der Waals surface area contributed by atoms with E-state index in [1.54, 1.807) is 25.3 Å². The molecule has 32 heavy (non-hydrogen) atoms. The molecule has 3 aromatic rings. The van der Waals surface area contributed by atoms with E-state index < -0.39 is 5.91 Å². The fourth-order valence-corrected chi connectivity index (χ4v) is 3.30. The number of rotatable bonds is 7. The number of benzene rings is 3. The van der Waals surface area contributed by atoms with Gasteiger partial charge in [-0.2, -0.15) is 5.26 Å². The summed E-state index contributed by atoms with van der Waals surface area (Å²) in [4.78, 5) is 12.8. The van der Waals surface area contributed by atoms with Gasteiger partial charge in [-0.3, -0.25) is 4.79 Å². The predicted molar refractivity (Wildman–Crippen MR) is 127 cm³/mol. The van der Waals surface area contributed by atoms with E-state index in [-0.39, 0.29) is 5.57 Å². The van der Waals surface area contributed by atoms with Crippen molar-refractivity contribution in [3.63, 3.8) is 0 Å². The first kappa shape index (κ1) is 22.6. The molecule has 5 nitrogen and oxygen atoms in total. The third kappa shape index (κ3) is 5.77. The van der Waals surface area contributed by atoms with Crippen LogP contribution in [0.2, 0.25) is 0 Å². The number of nitrogens with zero attached hydrogens (tertiary/aromatic N) is 1. The summed E-state index contributed by atoms with van der Waals surface area (Å²) in [6.07, 6.45) is 1.53. The van der Waals surface area contributed by atoms with Gasteiger partial charge >= 0.3 is 0 Å². The average Bonchev–Trinajstić information content (AvgIpc) is 2.78. The van der Waals surface area contributed by atoms with Gasteiger partial charge in [0.25, 0.3) is 5.91 Å². The largest absolute Gasteiger partial charge is 0.497 e. The maximum Gasteiger partial charge on any atom is 0.266 e. The predicted octanol–water partition coefficient (Wildman–Crippen LogP) is 5.75. The smallest absolute Gasteiger partial charge is 0.266 e. The second-order valence-corrected chi connectivity index (χ2v) is 7.62. The molecule has 3 aromatic carbocycles. The first-order valence-electron chi connectivity index (χ1n) is 10.3. The number of anilines is 1. The molecule has 0 heterocycles. The van der Waals surface area contributed by atoms with Crippen LogP contribution in [-0.2, 0) is 11.4 Å². The van der Waals surface area contributed by atoms with Gasteiger partial charge in [0.15, 0.2) is 0 Å². The highest BCUT2D eigenvalue weighted by molar-refractivity contribution is 6.10. The standard InChI is InChI=1S/C27H26N2O3/c1-18-6-5-7-21(13-18)17-32-26-15-24(31-4)10-9-22(26)14-23(16-28)27(30)29-25-11-8-19(2)12-20(25)3/h5-15H,17H2,1-4H3,(H,29,30)/b23-14+. The molecule has 162 valence electrons. The summed E-state index contributed by atoms with van der Waals surface area (Å²) >= 11 is 0. The lowest BCUT2D eigenvalue weighted by molar-refractivity contribution is -0.112. The molecule has 1 amide bonds. The molecule has 0 aromatic heterocycles. The summed E-state index contributed by atoms with van der Waals surface area (Å²) < 4.78 is 11.3. The summed E-state index contributed by atoms with van der Waals surface area (Å²) in [5, 5.41) is 12.5. The zero-order chi connectivity index (χ0) is 23.1. The molecular weight excluding hydrogens is 400 g/mol. The van der Waals surface area contributed by atoms with Crippen LogP contribution in [0.15, 0.2) is 66.2 Å². The summed E-state index contributed by atoms with van der Waals surface area (Å²) in [5.41, 5.74) is 5.48. The highest BCUT2D eigenvalue weighted by atomic mass is 16.5. The Morgan fingerprint density at radius 1 is 1.03 bits per heavy atom. The van der Waals surface area contributed by atoms with Crippen LogP contribution in [0.5, 0.6) is 11.5 Å². The Morgan fingerprint density at radius 3 is 2.50 bits per heavy atom. The number of amides is 1. The molecule has 5 heteroatoms. The van der Waals surface area contributed by atoms with E-state index in [0.29, 0.717) is 29.4 Å². The van der Waals surface area contributed by atoms with E-state index in [0.717, 1.165) is 22.3 Å². The molecule has 0 aliphatic rings. The minimum absolute atomic E-state index is 0.0180. The quantitative estimate of drug-likeness (QED) is 0.386. The Morgan fingerprint density at radius 2 is 1.81 bits per heavy atom. The Kier molecular flexibility index (Phi) is 7.30. The average molecular weight is 427 g/mol. The SMILES string of the molecule is COc1ccc(/C=C(\C#N)C(=O)Nc2ccc(C)cc2C)c(OCc2cccc(C)c2)c1. The van der Waals surface area contributed by atoms with Crippen molar-refractivity contribution >= 4 is 17.7 Å². The summed E-state index contributed by atoms with van der Waals surface area (Å²) in [6, 6.07) is 21.1. The van der Waals surface area contributed by atoms with Gasteiger partial charge in [-0.25, -0.2) is 0 Å². The van der Waals surface area contributed by atoms with Crippen LogP contribution >= 0.6 is 0 Å². The Labute approximate surface area is 188 Å². The molecule has 0 saturated carbocycles. The van der Waals surface area contributed by atoms with Crippen LogP contribution < -0.4 is 14.8 Å². The maximum atomic E-state index is 12.8. The van der Waals surface area contributed by atoms with Crippen molar-refractivity contribution in [1.29, 1.82) is 5.26 Å². The van der Waals surface area contributed by atoms with Crippen LogP contribution in [0.25, 0.3) is 6.08 Å². The molecule has 0 fully saturated rings. The summed E-state index contributed by atoms with van der Waals surface area (Å²) in [6.45, 7) is 6.28. The van der Waals surface area contributed by atoms with Crippen molar-refractivity contribution < 1.29 is 14.3 Å². The Hall–Kier alpha value is -4.04. The number of nitrogens with one attached hydrogen (secondary N) is 1. The third-order valence-corrected chi connectivity index (χ3v) is 4.99. The van der Waals surface area contributed by atoms with Crippen molar-refractivity contribution in [2.45, 2.75) is 27.4 Å². The van der Waals surface area contributed by atoms with Gasteiger partial charge in [-0.05, 0) is 56.2 Å². The van der Waals surface area contributed by atoms with Crippen molar-refractivity contribution in [3.8, 4) is 17.6 Å². The van der Waals surface area contributed by atoms with Gasteiger partial charge in [0, 0.05) is 17.3 Å². The number of carbonyl (C=O) groups is 1. The number of methoxy groups -OCH3 is 1. The van der Waals surface area contributed by atoms with Crippen molar-refractivity contribution in [2.75, 3.05) is 12.4 Å². The van der Waals surface area contributed by atoms with E-state index in [1.807, 2.05) is 69.3 Å². The highest BCUT2D eigenvalue weighted by Crippen LogP contribution is 2.28. The fraction of sp³-hybridized carbons (Fsp3) is 0.185. The monoisotopic (exact) mass is 426 g/mol. The molecule has 0 unspecified atom stereocenters. The number of nitriles is 1. The first-order valence-corrected chi connectivity index (χ1v) is 10.3. The molecule has 0 bridgehead atoms. The van der Waals surface area contributed by atoms with E-state index in [1.165, 1.54) is 6.08 Å². The third-order valence-electron chi connectivity index (χ3n) is 4.99.